The van der Waals surface area contributed by atoms with E-state index in [0.29, 0.717) is 0 Å². The number of nitrogens with zero attached hydrogens (tertiary/aromatic N) is 5. The van der Waals surface area contributed by atoms with Crippen molar-refractivity contribution in [3.8, 4) is 0 Å². The van der Waals surface area contributed by atoms with Gasteiger partial charge in [-0.15, -0.1) is 24.0 Å². The first kappa shape index (κ1) is 18.5. The first-order chi connectivity index (χ1) is 10.4. The molecule has 0 atom stereocenters. The smallest absolute Gasteiger partial charge is 0.190 e. The molecule has 122 valence electrons. The zero-order valence-electron chi connectivity index (χ0n) is 12.9. The van der Waals surface area contributed by atoms with E-state index in [9.17, 15) is 0 Å². The zero-order valence-corrected chi connectivity index (χ0v) is 15.2. The number of aliphatic imine (C=N–C) groups is 1. The van der Waals surface area contributed by atoms with Crippen molar-refractivity contribution in [2.45, 2.75) is 25.9 Å². The Labute approximate surface area is 148 Å². The Kier molecular flexibility index (Phi) is 9.28. The van der Waals surface area contributed by atoms with Crippen molar-refractivity contribution >= 4 is 29.9 Å². The van der Waals surface area contributed by atoms with Gasteiger partial charge in [0.25, 0.3) is 0 Å². The van der Waals surface area contributed by atoms with Gasteiger partial charge in [-0.25, -0.2) is 0 Å². The minimum Gasteiger partial charge on any atom is -0.356 e. The van der Waals surface area contributed by atoms with Gasteiger partial charge in [0, 0.05) is 58.0 Å². The second-order valence-corrected chi connectivity index (χ2v) is 4.67. The van der Waals surface area contributed by atoms with Crippen LogP contribution in [0.1, 0.15) is 12.8 Å². The number of rotatable bonds is 8. The molecule has 0 aliphatic carbocycles. The molecule has 0 aliphatic rings. The highest BCUT2D eigenvalue weighted by Crippen LogP contribution is 1.89. The quantitative estimate of drug-likeness (QED) is 0.294. The van der Waals surface area contributed by atoms with Crippen LogP contribution >= 0.6 is 24.0 Å². The molecule has 0 bridgehead atoms. The van der Waals surface area contributed by atoms with E-state index in [1.807, 2.05) is 33.9 Å². The van der Waals surface area contributed by atoms with Crippen LogP contribution in [0.2, 0.25) is 0 Å². The molecule has 0 saturated heterocycles. The molecule has 0 radical (unpaired) electrons. The highest BCUT2D eigenvalue weighted by molar-refractivity contribution is 14.0. The maximum Gasteiger partial charge on any atom is 0.190 e. The van der Waals surface area contributed by atoms with Crippen molar-refractivity contribution in [2.75, 3.05) is 20.1 Å². The molecular formula is C14H24IN7. The molecule has 22 heavy (non-hydrogen) atoms. The van der Waals surface area contributed by atoms with Gasteiger partial charge in [-0.05, 0) is 25.0 Å². The molecule has 0 fully saturated rings. The first-order valence-corrected chi connectivity index (χ1v) is 7.28. The average molecular weight is 417 g/mol. The minimum absolute atomic E-state index is 0. The SMILES string of the molecule is CN=C(NCCCn1cccn1)NCCCn1cccn1.I. The van der Waals surface area contributed by atoms with Crippen LogP contribution in [0.25, 0.3) is 0 Å². The van der Waals surface area contributed by atoms with Gasteiger partial charge in [0.15, 0.2) is 5.96 Å². The first-order valence-electron chi connectivity index (χ1n) is 7.28. The largest absolute Gasteiger partial charge is 0.356 e. The Morgan fingerprint density at radius 3 is 1.82 bits per heavy atom. The third kappa shape index (κ3) is 6.92. The molecule has 2 aromatic rings. The van der Waals surface area contributed by atoms with Gasteiger partial charge in [-0.2, -0.15) is 10.2 Å². The van der Waals surface area contributed by atoms with E-state index >= 15 is 0 Å². The molecule has 2 aromatic heterocycles. The van der Waals surface area contributed by atoms with Gasteiger partial charge in [0.1, 0.15) is 0 Å². The van der Waals surface area contributed by atoms with Crippen LogP contribution in [0.3, 0.4) is 0 Å². The number of hydrogen-bond donors (Lipinski definition) is 2. The maximum atomic E-state index is 4.21. The molecule has 0 saturated carbocycles. The van der Waals surface area contributed by atoms with Crippen LogP contribution < -0.4 is 10.6 Å². The fourth-order valence-electron chi connectivity index (χ4n) is 1.98. The topological polar surface area (TPSA) is 72.1 Å². The van der Waals surface area contributed by atoms with E-state index in [1.165, 1.54) is 0 Å². The molecule has 0 spiro atoms. The fraction of sp³-hybridized carbons (Fsp3) is 0.500. The molecule has 2 rings (SSSR count). The lowest BCUT2D eigenvalue weighted by atomic mass is 10.4. The standard InChI is InChI=1S/C14H23N7.HI/c1-15-14(16-6-2-10-20-12-4-8-18-20)17-7-3-11-21-13-5-9-19-21;/h4-5,8-9,12-13H,2-3,6-7,10-11H2,1H3,(H2,15,16,17);1H. The van der Waals surface area contributed by atoms with Crippen LogP contribution in [-0.2, 0) is 13.1 Å². The van der Waals surface area contributed by atoms with Crippen LogP contribution in [0.15, 0.2) is 41.9 Å². The van der Waals surface area contributed by atoms with Gasteiger partial charge in [0.05, 0.1) is 0 Å². The molecular weight excluding hydrogens is 393 g/mol. The third-order valence-corrected chi connectivity index (χ3v) is 3.05. The van der Waals surface area contributed by atoms with Gasteiger partial charge < -0.3 is 10.6 Å². The second kappa shape index (κ2) is 11.0. The van der Waals surface area contributed by atoms with E-state index in [0.717, 1.165) is 45.0 Å². The maximum absolute atomic E-state index is 4.21. The van der Waals surface area contributed by atoms with E-state index in [-0.39, 0.29) is 24.0 Å². The van der Waals surface area contributed by atoms with E-state index < -0.39 is 0 Å². The lowest BCUT2D eigenvalue weighted by molar-refractivity contribution is 0.560. The second-order valence-electron chi connectivity index (χ2n) is 4.67. The van der Waals surface area contributed by atoms with Crippen LogP contribution in [-0.4, -0.2) is 45.7 Å². The predicted octanol–water partition coefficient (Wildman–Crippen LogP) is 1.34. The summed E-state index contributed by atoms with van der Waals surface area (Å²) in [6.45, 7) is 3.57. The van der Waals surface area contributed by atoms with Crippen LogP contribution in [0.5, 0.6) is 0 Å². The number of halogens is 1. The van der Waals surface area contributed by atoms with Gasteiger partial charge in [0.2, 0.25) is 0 Å². The predicted molar refractivity (Wildman–Crippen MR) is 98.5 cm³/mol. The van der Waals surface area contributed by atoms with Gasteiger partial charge >= 0.3 is 0 Å². The molecule has 0 aromatic carbocycles. The fourth-order valence-corrected chi connectivity index (χ4v) is 1.98. The molecule has 0 amide bonds. The monoisotopic (exact) mass is 417 g/mol. The molecule has 8 heteroatoms. The summed E-state index contributed by atoms with van der Waals surface area (Å²) >= 11 is 0. The normalized spacial score (nSPS) is 9.86. The third-order valence-electron chi connectivity index (χ3n) is 3.05. The molecule has 7 nitrogen and oxygen atoms in total. The summed E-state index contributed by atoms with van der Waals surface area (Å²) in [7, 11) is 1.79. The Hall–Kier alpha value is -1.58. The van der Waals surface area contributed by atoms with Crippen LogP contribution in [0, 0.1) is 0 Å². The summed E-state index contributed by atoms with van der Waals surface area (Å²) in [5.74, 6) is 0.843. The number of hydrogen-bond acceptors (Lipinski definition) is 3. The Morgan fingerprint density at radius 2 is 1.45 bits per heavy atom. The van der Waals surface area contributed by atoms with E-state index in [2.05, 4.69) is 25.8 Å². The molecule has 2 N–H and O–H groups in total. The summed E-state index contributed by atoms with van der Waals surface area (Å²) in [6.07, 6.45) is 9.57. The number of aromatic nitrogens is 4. The van der Waals surface area contributed by atoms with Gasteiger partial charge in [-0.1, -0.05) is 0 Å². The van der Waals surface area contributed by atoms with Gasteiger partial charge in [-0.3, -0.25) is 14.4 Å². The summed E-state index contributed by atoms with van der Waals surface area (Å²) in [5, 5.41) is 14.9. The Morgan fingerprint density at radius 1 is 0.955 bits per heavy atom. The number of guanidine groups is 1. The van der Waals surface area contributed by atoms with Crippen molar-refractivity contribution in [1.29, 1.82) is 0 Å². The lowest BCUT2D eigenvalue weighted by Gasteiger charge is -2.11. The molecule has 0 aliphatic heterocycles. The summed E-state index contributed by atoms with van der Waals surface area (Å²) < 4.78 is 3.86. The van der Waals surface area contributed by atoms with E-state index in [4.69, 9.17) is 0 Å². The minimum atomic E-state index is 0. The van der Waals surface area contributed by atoms with Crippen LogP contribution in [0.4, 0.5) is 0 Å². The summed E-state index contributed by atoms with van der Waals surface area (Å²) in [5.41, 5.74) is 0. The number of aryl methyl sites for hydroxylation is 2. The summed E-state index contributed by atoms with van der Waals surface area (Å²) in [4.78, 5) is 4.21. The highest BCUT2D eigenvalue weighted by atomic mass is 127. The Balaban J connectivity index is 0.00000242. The number of nitrogens with one attached hydrogen (secondary N) is 2. The Bertz CT molecular complexity index is 463. The van der Waals surface area contributed by atoms with E-state index in [1.54, 1.807) is 19.4 Å². The van der Waals surface area contributed by atoms with Crippen molar-refractivity contribution in [2.24, 2.45) is 4.99 Å². The molecule has 2 heterocycles. The van der Waals surface area contributed by atoms with Crippen molar-refractivity contribution in [3.05, 3.63) is 36.9 Å². The summed E-state index contributed by atoms with van der Waals surface area (Å²) in [6, 6.07) is 3.88. The zero-order chi connectivity index (χ0) is 14.8. The lowest BCUT2D eigenvalue weighted by Crippen LogP contribution is -2.38. The molecule has 0 unspecified atom stereocenters. The van der Waals surface area contributed by atoms with Crippen molar-refractivity contribution in [3.63, 3.8) is 0 Å². The van der Waals surface area contributed by atoms with Crippen molar-refractivity contribution in [1.82, 2.24) is 30.2 Å². The average Bonchev–Trinajstić information content (AvgIpc) is 3.19. The highest BCUT2D eigenvalue weighted by Gasteiger charge is 1.97. The van der Waals surface area contributed by atoms with Crippen molar-refractivity contribution < 1.29 is 0 Å².